The van der Waals surface area contributed by atoms with Gasteiger partial charge in [0.25, 0.3) is 0 Å². The molecule has 1 N–H and O–H groups in total. The molecule has 0 aliphatic rings. The molecule has 6 heteroatoms. The molecule has 0 heterocycles. The number of fused-ring (bicyclic) bond motifs is 1. The van der Waals surface area contributed by atoms with Crippen LogP contribution in [0.3, 0.4) is 0 Å². The average Bonchev–Trinajstić information content (AvgIpc) is 2.84. The zero-order chi connectivity index (χ0) is 22.5. The van der Waals surface area contributed by atoms with Crippen LogP contribution in [0.1, 0.15) is 0 Å². The van der Waals surface area contributed by atoms with Crippen LogP contribution in [0.2, 0.25) is 0 Å². The highest BCUT2D eigenvalue weighted by Crippen LogP contribution is 2.42. The molecule has 1 amide bonds. The molecule has 0 fully saturated rings. The van der Waals surface area contributed by atoms with E-state index in [1.165, 1.54) is 0 Å². The molecule has 0 aliphatic carbocycles. The molecule has 5 nitrogen and oxygen atoms in total. The number of alkyl halides is 1. The zero-order valence-electron chi connectivity index (χ0n) is 17.7. The number of nitrogens with one attached hydrogen (secondary N) is 1. The molecule has 0 saturated carbocycles. The molecule has 4 rings (SSSR count). The Bertz CT molecular complexity index is 1250. The molecule has 4 aromatic carbocycles. The number of anilines is 1. The van der Waals surface area contributed by atoms with Crippen LogP contribution in [0.15, 0.2) is 78.9 Å². The van der Waals surface area contributed by atoms with E-state index in [9.17, 15) is 4.79 Å². The summed E-state index contributed by atoms with van der Waals surface area (Å²) >= 11 is 3.15. The van der Waals surface area contributed by atoms with Crippen molar-refractivity contribution in [1.29, 1.82) is 0 Å². The normalized spacial score (nSPS) is 10.6. The SMILES string of the molecule is COc1ccc(-c2ccc3ccccc3c2Oc2ccc(NC(=O)CBr)cc2)cc1OC. The first kappa shape index (κ1) is 21.7. The minimum atomic E-state index is -0.108. The van der Waals surface area contributed by atoms with Gasteiger partial charge in [-0.25, -0.2) is 0 Å². The Morgan fingerprint density at radius 3 is 2.34 bits per heavy atom. The second kappa shape index (κ2) is 9.75. The molecule has 0 bridgehead atoms. The van der Waals surface area contributed by atoms with E-state index in [2.05, 4.69) is 33.4 Å². The van der Waals surface area contributed by atoms with Gasteiger partial charge in [-0.05, 0) is 53.4 Å². The van der Waals surface area contributed by atoms with Gasteiger partial charge in [0.05, 0.1) is 19.5 Å². The van der Waals surface area contributed by atoms with E-state index in [1.54, 1.807) is 14.2 Å². The van der Waals surface area contributed by atoms with Gasteiger partial charge in [-0.1, -0.05) is 52.3 Å². The number of benzene rings is 4. The van der Waals surface area contributed by atoms with Crippen LogP contribution in [-0.2, 0) is 4.79 Å². The lowest BCUT2D eigenvalue weighted by Crippen LogP contribution is -2.11. The summed E-state index contributed by atoms with van der Waals surface area (Å²) in [6, 6.07) is 25.3. The van der Waals surface area contributed by atoms with E-state index in [0.29, 0.717) is 22.9 Å². The molecule has 0 atom stereocenters. The van der Waals surface area contributed by atoms with E-state index < -0.39 is 0 Å². The number of halogens is 1. The summed E-state index contributed by atoms with van der Waals surface area (Å²) in [6.45, 7) is 0. The zero-order valence-corrected chi connectivity index (χ0v) is 19.3. The molecule has 0 saturated heterocycles. The van der Waals surface area contributed by atoms with Gasteiger partial charge in [-0.15, -0.1) is 0 Å². The fourth-order valence-corrected chi connectivity index (χ4v) is 3.64. The molecule has 32 heavy (non-hydrogen) atoms. The van der Waals surface area contributed by atoms with Gasteiger partial charge in [0.2, 0.25) is 5.91 Å². The summed E-state index contributed by atoms with van der Waals surface area (Å²) in [4.78, 5) is 11.6. The quantitative estimate of drug-likeness (QED) is 0.294. The standard InChI is InChI=1S/C26H22BrNO4/c1-30-23-14-8-18(15-24(23)31-2)22-13-7-17-5-3-4-6-21(17)26(22)32-20-11-9-19(10-12-20)28-25(29)16-27/h3-15H,16H2,1-2H3,(H,28,29). The predicted octanol–water partition coefficient (Wildman–Crippen LogP) is 6.65. The number of ether oxygens (including phenoxy) is 3. The Labute approximate surface area is 195 Å². The molecule has 0 radical (unpaired) electrons. The first-order valence-electron chi connectivity index (χ1n) is 10.0. The van der Waals surface area contributed by atoms with Crippen LogP contribution in [0.5, 0.6) is 23.0 Å². The van der Waals surface area contributed by atoms with Gasteiger partial charge in [-0.2, -0.15) is 0 Å². The van der Waals surface area contributed by atoms with Gasteiger partial charge < -0.3 is 19.5 Å². The van der Waals surface area contributed by atoms with E-state index >= 15 is 0 Å². The number of amides is 1. The van der Waals surface area contributed by atoms with Crippen molar-refractivity contribution in [1.82, 2.24) is 0 Å². The molecule has 162 valence electrons. The van der Waals surface area contributed by atoms with E-state index in [1.807, 2.05) is 66.7 Å². The summed E-state index contributed by atoms with van der Waals surface area (Å²) < 4.78 is 17.3. The van der Waals surface area contributed by atoms with Gasteiger partial charge >= 0.3 is 0 Å². The summed E-state index contributed by atoms with van der Waals surface area (Å²) in [7, 11) is 3.24. The second-order valence-electron chi connectivity index (χ2n) is 7.04. The Kier molecular flexibility index (Phi) is 6.61. The minimum absolute atomic E-state index is 0.108. The van der Waals surface area contributed by atoms with E-state index in [4.69, 9.17) is 14.2 Å². The van der Waals surface area contributed by atoms with Crippen molar-refractivity contribution in [3.8, 4) is 34.1 Å². The van der Waals surface area contributed by atoms with Crippen molar-refractivity contribution >= 4 is 38.3 Å². The number of rotatable bonds is 7. The van der Waals surface area contributed by atoms with Gasteiger partial charge in [0, 0.05) is 16.6 Å². The largest absolute Gasteiger partial charge is 0.493 e. The van der Waals surface area contributed by atoms with Crippen molar-refractivity contribution in [2.24, 2.45) is 0 Å². The van der Waals surface area contributed by atoms with Crippen LogP contribution < -0.4 is 19.5 Å². The monoisotopic (exact) mass is 491 g/mol. The summed E-state index contributed by atoms with van der Waals surface area (Å²) in [5.74, 6) is 2.62. The first-order chi connectivity index (χ1) is 15.6. The van der Waals surface area contributed by atoms with Crippen LogP contribution in [-0.4, -0.2) is 25.5 Å². The van der Waals surface area contributed by atoms with E-state index in [-0.39, 0.29) is 11.2 Å². The molecular formula is C26H22BrNO4. The lowest BCUT2D eigenvalue weighted by atomic mass is 9.99. The third-order valence-electron chi connectivity index (χ3n) is 5.05. The van der Waals surface area contributed by atoms with Crippen LogP contribution in [0.25, 0.3) is 21.9 Å². The smallest absolute Gasteiger partial charge is 0.235 e. The van der Waals surface area contributed by atoms with E-state index in [0.717, 1.165) is 27.6 Å². The molecule has 0 aromatic heterocycles. The first-order valence-corrected chi connectivity index (χ1v) is 11.1. The van der Waals surface area contributed by atoms with Crippen molar-refractivity contribution in [3.63, 3.8) is 0 Å². The van der Waals surface area contributed by atoms with Gasteiger partial charge in [0.1, 0.15) is 11.5 Å². The maximum absolute atomic E-state index is 11.6. The maximum Gasteiger partial charge on any atom is 0.235 e. The third kappa shape index (κ3) is 4.55. The molecular weight excluding hydrogens is 470 g/mol. The van der Waals surface area contributed by atoms with Crippen molar-refractivity contribution < 1.29 is 19.0 Å². The topological polar surface area (TPSA) is 56.8 Å². The molecule has 0 unspecified atom stereocenters. The van der Waals surface area contributed by atoms with Crippen LogP contribution in [0, 0.1) is 0 Å². The second-order valence-corrected chi connectivity index (χ2v) is 7.60. The van der Waals surface area contributed by atoms with Gasteiger partial charge in [0.15, 0.2) is 11.5 Å². The number of hydrogen-bond acceptors (Lipinski definition) is 4. The highest BCUT2D eigenvalue weighted by Gasteiger charge is 2.15. The molecule has 0 spiro atoms. The lowest BCUT2D eigenvalue weighted by Gasteiger charge is -2.16. The molecule has 0 aliphatic heterocycles. The number of carbonyl (C=O) groups is 1. The Morgan fingerprint density at radius 2 is 1.62 bits per heavy atom. The molecule has 4 aromatic rings. The highest BCUT2D eigenvalue weighted by molar-refractivity contribution is 9.09. The van der Waals surface area contributed by atoms with Crippen molar-refractivity contribution in [3.05, 3.63) is 78.9 Å². The third-order valence-corrected chi connectivity index (χ3v) is 5.56. The summed E-state index contributed by atoms with van der Waals surface area (Å²) in [5, 5.41) is 5.13. The highest BCUT2D eigenvalue weighted by atomic mass is 79.9. The Hall–Kier alpha value is -3.51. The van der Waals surface area contributed by atoms with Crippen molar-refractivity contribution in [2.45, 2.75) is 0 Å². The Morgan fingerprint density at radius 1 is 0.875 bits per heavy atom. The fraction of sp³-hybridized carbons (Fsp3) is 0.115. The minimum Gasteiger partial charge on any atom is -0.493 e. The predicted molar refractivity (Wildman–Crippen MR) is 131 cm³/mol. The van der Waals surface area contributed by atoms with Gasteiger partial charge in [-0.3, -0.25) is 4.79 Å². The summed E-state index contributed by atoms with van der Waals surface area (Å²) in [6.07, 6.45) is 0. The lowest BCUT2D eigenvalue weighted by molar-refractivity contribution is -0.113. The summed E-state index contributed by atoms with van der Waals surface area (Å²) in [5.41, 5.74) is 2.59. The Balaban J connectivity index is 1.77. The number of methoxy groups -OCH3 is 2. The maximum atomic E-state index is 11.6. The van der Waals surface area contributed by atoms with Crippen LogP contribution >= 0.6 is 15.9 Å². The average molecular weight is 492 g/mol. The van der Waals surface area contributed by atoms with Crippen molar-refractivity contribution in [2.75, 3.05) is 24.9 Å². The number of hydrogen-bond donors (Lipinski definition) is 1. The fourth-order valence-electron chi connectivity index (χ4n) is 3.50. The number of carbonyl (C=O) groups excluding carboxylic acids is 1. The van der Waals surface area contributed by atoms with Crippen LogP contribution in [0.4, 0.5) is 5.69 Å².